The average Bonchev–Trinajstić information content (AvgIpc) is 3.80. The zero-order chi connectivity index (χ0) is 33.0. The van der Waals surface area contributed by atoms with Gasteiger partial charge in [0, 0.05) is 59.3 Å². The summed E-state index contributed by atoms with van der Waals surface area (Å²) in [7, 11) is 0. The normalized spacial score (nSPS) is 22.7. The molecule has 5 unspecified atom stereocenters. The van der Waals surface area contributed by atoms with E-state index in [1.807, 2.05) is 0 Å². The van der Waals surface area contributed by atoms with E-state index in [2.05, 4.69) is 39.6 Å². The number of carbonyl (C=O) groups excluding carboxylic acids is 3. The van der Waals surface area contributed by atoms with Crippen molar-refractivity contribution in [1.82, 2.24) is 9.80 Å². The number of anilines is 1. The predicted octanol–water partition coefficient (Wildman–Crippen LogP) is 7.05. The van der Waals surface area contributed by atoms with Crippen LogP contribution in [0.3, 0.4) is 0 Å². The summed E-state index contributed by atoms with van der Waals surface area (Å²) in [5, 5.41) is 10.6. The SMILES string of the molecule is CCC(CC(CC(CC)N1CCCC1=O)C1CCC(C(C(=O)O)c2cccc(C(=O)c3ccc(Br)cc3)c2N)C1)N1CCCC1=O. The van der Waals surface area contributed by atoms with Crippen molar-refractivity contribution in [2.45, 2.75) is 102 Å². The van der Waals surface area contributed by atoms with Crippen LogP contribution >= 0.6 is 15.9 Å². The van der Waals surface area contributed by atoms with E-state index in [0.29, 0.717) is 29.5 Å². The molecule has 5 rings (SSSR count). The van der Waals surface area contributed by atoms with Crippen molar-refractivity contribution < 1.29 is 24.3 Å². The Morgan fingerprint density at radius 1 is 0.891 bits per heavy atom. The van der Waals surface area contributed by atoms with Crippen LogP contribution in [0.2, 0.25) is 0 Å². The number of carboxylic acid groups (broad SMARTS) is 1. The molecule has 8 nitrogen and oxygen atoms in total. The summed E-state index contributed by atoms with van der Waals surface area (Å²) in [4.78, 5) is 56.0. The molecule has 3 N–H and O–H groups in total. The van der Waals surface area contributed by atoms with Crippen LogP contribution in [0, 0.1) is 17.8 Å². The predicted molar refractivity (Wildman–Crippen MR) is 182 cm³/mol. The Kier molecular flexibility index (Phi) is 11.2. The van der Waals surface area contributed by atoms with Gasteiger partial charge in [0.05, 0.1) is 5.92 Å². The first-order chi connectivity index (χ1) is 22.1. The average molecular weight is 695 g/mol. The molecule has 46 heavy (non-hydrogen) atoms. The molecule has 2 amide bonds. The lowest BCUT2D eigenvalue weighted by Crippen LogP contribution is -2.41. The Bertz CT molecular complexity index is 1390. The second kappa shape index (κ2) is 15.1. The number of para-hydroxylation sites is 1. The van der Waals surface area contributed by atoms with E-state index in [4.69, 9.17) is 5.73 Å². The number of rotatable bonds is 14. The molecule has 2 aromatic carbocycles. The number of aliphatic carboxylic acids is 1. The van der Waals surface area contributed by atoms with Crippen molar-refractivity contribution in [3.05, 3.63) is 63.6 Å². The fraction of sp³-hybridized carbons (Fsp3) is 0.568. The number of carboxylic acids is 1. The second-order valence-electron chi connectivity index (χ2n) is 13.5. The van der Waals surface area contributed by atoms with Crippen molar-refractivity contribution in [3.63, 3.8) is 0 Å². The van der Waals surface area contributed by atoms with Crippen LogP contribution in [0.5, 0.6) is 0 Å². The van der Waals surface area contributed by atoms with E-state index in [1.165, 1.54) is 0 Å². The molecule has 2 aliphatic heterocycles. The van der Waals surface area contributed by atoms with Gasteiger partial charge < -0.3 is 20.6 Å². The Hall–Kier alpha value is -3.20. The number of nitrogens with two attached hydrogens (primary N) is 1. The van der Waals surface area contributed by atoms with E-state index < -0.39 is 11.9 Å². The van der Waals surface area contributed by atoms with Gasteiger partial charge in [0.15, 0.2) is 5.78 Å². The Balaban J connectivity index is 1.40. The molecule has 3 fully saturated rings. The molecule has 2 aromatic rings. The lowest BCUT2D eigenvalue weighted by Gasteiger charge is -2.37. The van der Waals surface area contributed by atoms with Crippen LogP contribution in [0.4, 0.5) is 5.69 Å². The highest BCUT2D eigenvalue weighted by atomic mass is 79.9. The molecule has 2 saturated heterocycles. The fourth-order valence-electron chi connectivity index (χ4n) is 8.50. The number of amides is 2. The molecule has 9 heteroatoms. The number of nitrogens with zero attached hydrogens (tertiary/aromatic N) is 2. The minimum Gasteiger partial charge on any atom is -0.481 e. The summed E-state index contributed by atoms with van der Waals surface area (Å²) in [5.41, 5.74) is 8.17. The van der Waals surface area contributed by atoms with Gasteiger partial charge in [-0.1, -0.05) is 41.9 Å². The number of ketones is 1. The topological polar surface area (TPSA) is 121 Å². The third-order valence-corrected chi connectivity index (χ3v) is 11.5. The number of halogens is 1. The molecule has 248 valence electrons. The summed E-state index contributed by atoms with van der Waals surface area (Å²) < 4.78 is 0.861. The number of hydrogen-bond acceptors (Lipinski definition) is 5. The molecule has 0 bridgehead atoms. The van der Waals surface area contributed by atoms with E-state index in [0.717, 1.165) is 75.3 Å². The highest BCUT2D eigenvalue weighted by Gasteiger charge is 2.42. The summed E-state index contributed by atoms with van der Waals surface area (Å²) in [6.45, 7) is 5.90. The van der Waals surface area contributed by atoms with E-state index in [1.54, 1.807) is 42.5 Å². The third-order valence-electron chi connectivity index (χ3n) is 10.9. The van der Waals surface area contributed by atoms with Gasteiger partial charge >= 0.3 is 5.97 Å². The summed E-state index contributed by atoms with van der Waals surface area (Å²) in [5.74, 6) is -1.11. The van der Waals surface area contributed by atoms with Crippen molar-refractivity contribution in [3.8, 4) is 0 Å². The number of likely N-dealkylation sites (tertiary alicyclic amines) is 2. The first-order valence-electron chi connectivity index (χ1n) is 17.1. The van der Waals surface area contributed by atoms with Gasteiger partial charge in [-0.15, -0.1) is 0 Å². The molecule has 1 aliphatic carbocycles. The largest absolute Gasteiger partial charge is 0.481 e. The van der Waals surface area contributed by atoms with Crippen molar-refractivity contribution in [1.29, 1.82) is 0 Å². The zero-order valence-electron chi connectivity index (χ0n) is 27.1. The first-order valence-corrected chi connectivity index (χ1v) is 17.9. The number of hydrogen-bond donors (Lipinski definition) is 2. The van der Waals surface area contributed by atoms with Gasteiger partial charge in [-0.25, -0.2) is 0 Å². The van der Waals surface area contributed by atoms with Gasteiger partial charge in [-0.3, -0.25) is 19.2 Å². The molecule has 3 aliphatic rings. The molecule has 0 radical (unpaired) electrons. The van der Waals surface area contributed by atoms with Gasteiger partial charge in [0.25, 0.3) is 0 Å². The second-order valence-corrected chi connectivity index (χ2v) is 14.4. The van der Waals surface area contributed by atoms with Crippen LogP contribution in [0.1, 0.15) is 112 Å². The van der Waals surface area contributed by atoms with Crippen LogP contribution < -0.4 is 5.73 Å². The Morgan fingerprint density at radius 2 is 1.46 bits per heavy atom. The molecule has 0 aromatic heterocycles. The van der Waals surface area contributed by atoms with Crippen LogP contribution in [0.15, 0.2) is 46.9 Å². The number of nitrogen functional groups attached to an aromatic ring is 1. The smallest absolute Gasteiger partial charge is 0.311 e. The maximum atomic E-state index is 13.4. The zero-order valence-corrected chi connectivity index (χ0v) is 28.7. The first kappa shape index (κ1) is 34.1. The molecular formula is C37H48BrN3O5. The van der Waals surface area contributed by atoms with E-state index in [-0.39, 0.29) is 53.1 Å². The number of benzene rings is 2. The number of carbonyl (C=O) groups is 4. The highest BCUT2D eigenvalue weighted by Crippen LogP contribution is 2.47. The lowest BCUT2D eigenvalue weighted by atomic mass is 9.77. The minimum atomic E-state index is -0.926. The monoisotopic (exact) mass is 693 g/mol. The fourth-order valence-corrected chi connectivity index (χ4v) is 8.76. The van der Waals surface area contributed by atoms with Gasteiger partial charge in [0.1, 0.15) is 0 Å². The molecule has 0 spiro atoms. The van der Waals surface area contributed by atoms with Crippen LogP contribution in [-0.4, -0.2) is 63.6 Å². The van der Waals surface area contributed by atoms with E-state index in [9.17, 15) is 24.3 Å². The van der Waals surface area contributed by atoms with Gasteiger partial charge in [-0.05, 0) is 111 Å². The van der Waals surface area contributed by atoms with Crippen molar-refractivity contribution in [2.75, 3.05) is 18.8 Å². The van der Waals surface area contributed by atoms with E-state index >= 15 is 0 Å². The van der Waals surface area contributed by atoms with Crippen LogP contribution in [-0.2, 0) is 14.4 Å². The van der Waals surface area contributed by atoms with Crippen molar-refractivity contribution >= 4 is 45.2 Å². The van der Waals surface area contributed by atoms with Crippen LogP contribution in [0.25, 0.3) is 0 Å². The highest BCUT2D eigenvalue weighted by molar-refractivity contribution is 9.10. The maximum Gasteiger partial charge on any atom is 0.311 e. The summed E-state index contributed by atoms with van der Waals surface area (Å²) >= 11 is 3.40. The quantitative estimate of drug-likeness (QED) is 0.162. The molecular weight excluding hydrogens is 646 g/mol. The molecule has 2 heterocycles. The standard InChI is InChI=1S/C37H48BrN3O5/c1-3-28(40-18-6-10-32(40)42)21-26(22-29(4-2)41-19-7-11-33(41)43)24-12-13-25(20-24)34(37(45)46)30-8-5-9-31(35(30)39)36(44)23-14-16-27(38)17-15-23/h5,8-9,14-17,24-26,28-29,34H,3-4,6-7,10-13,18-22,39H2,1-2H3,(H,45,46). The minimum absolute atomic E-state index is 0.132. The lowest BCUT2D eigenvalue weighted by molar-refractivity contribution is -0.140. The third kappa shape index (κ3) is 7.35. The summed E-state index contributed by atoms with van der Waals surface area (Å²) in [6.07, 6.45) is 8.90. The molecule has 5 atom stereocenters. The van der Waals surface area contributed by atoms with Gasteiger partial charge in [0.2, 0.25) is 11.8 Å². The Morgan fingerprint density at radius 3 is 1.96 bits per heavy atom. The Labute approximate surface area is 281 Å². The maximum absolute atomic E-state index is 13.4. The molecule has 1 saturated carbocycles. The van der Waals surface area contributed by atoms with Crippen molar-refractivity contribution in [2.24, 2.45) is 17.8 Å². The van der Waals surface area contributed by atoms with Gasteiger partial charge in [-0.2, -0.15) is 0 Å². The summed E-state index contributed by atoms with van der Waals surface area (Å²) in [6, 6.07) is 12.5.